The number of guanidine groups is 1. The van der Waals surface area contributed by atoms with Crippen molar-refractivity contribution in [3.8, 4) is 0 Å². The minimum Gasteiger partial charge on any atom is -0.463 e. The standard InChI is InChI=1S/C16H22N4O2/c1-5-22-15(21)13-10(2)18-16(17)19-14(13)11-6-8-12(9-7-11)20(3)4/h6-9,14H,5H2,1-4H3,(H3,17,18,19)/t14-/m0/s1. The summed E-state index contributed by atoms with van der Waals surface area (Å²) in [5.74, 6) is -0.0716. The van der Waals surface area contributed by atoms with Crippen molar-refractivity contribution in [3.63, 3.8) is 0 Å². The van der Waals surface area contributed by atoms with Crippen LogP contribution in [0.2, 0.25) is 0 Å². The number of aliphatic imine (C=N–C) groups is 1. The summed E-state index contributed by atoms with van der Waals surface area (Å²) in [6, 6.07) is 7.43. The van der Waals surface area contributed by atoms with E-state index in [1.165, 1.54) is 0 Å². The molecule has 0 saturated carbocycles. The first-order chi connectivity index (χ1) is 10.4. The zero-order chi connectivity index (χ0) is 16.3. The Morgan fingerprint density at radius 1 is 1.36 bits per heavy atom. The van der Waals surface area contributed by atoms with Gasteiger partial charge in [0.05, 0.1) is 12.2 Å². The van der Waals surface area contributed by atoms with Gasteiger partial charge >= 0.3 is 5.97 Å². The fraction of sp³-hybridized carbons (Fsp3) is 0.375. The highest BCUT2D eigenvalue weighted by molar-refractivity contribution is 5.94. The molecule has 0 aliphatic carbocycles. The highest BCUT2D eigenvalue weighted by Crippen LogP contribution is 2.31. The molecule has 0 aromatic heterocycles. The van der Waals surface area contributed by atoms with Crippen LogP contribution in [0.15, 0.2) is 40.5 Å². The maximum atomic E-state index is 12.2. The molecule has 6 heteroatoms. The van der Waals surface area contributed by atoms with Crippen LogP contribution in [0.3, 0.4) is 0 Å². The van der Waals surface area contributed by atoms with E-state index in [1.54, 1.807) is 13.8 Å². The minimum absolute atomic E-state index is 0.298. The Morgan fingerprint density at radius 2 is 2.00 bits per heavy atom. The number of nitrogens with zero attached hydrogens (tertiary/aromatic N) is 2. The zero-order valence-corrected chi connectivity index (χ0v) is 13.4. The molecule has 2 rings (SSSR count). The van der Waals surface area contributed by atoms with Crippen LogP contribution in [-0.4, -0.2) is 32.6 Å². The summed E-state index contributed by atoms with van der Waals surface area (Å²) in [7, 11) is 3.95. The Balaban J connectivity index is 2.40. The topological polar surface area (TPSA) is 79.9 Å². The highest BCUT2D eigenvalue weighted by atomic mass is 16.5. The van der Waals surface area contributed by atoms with Gasteiger partial charge < -0.3 is 20.7 Å². The van der Waals surface area contributed by atoms with E-state index >= 15 is 0 Å². The van der Waals surface area contributed by atoms with Gasteiger partial charge in [-0.1, -0.05) is 12.1 Å². The normalized spacial score (nSPS) is 17.6. The maximum Gasteiger partial charge on any atom is 0.338 e. The molecule has 22 heavy (non-hydrogen) atoms. The molecule has 1 heterocycles. The number of anilines is 1. The lowest BCUT2D eigenvalue weighted by atomic mass is 9.96. The van der Waals surface area contributed by atoms with Gasteiger partial charge in [0.2, 0.25) is 0 Å². The molecule has 1 aromatic carbocycles. The van der Waals surface area contributed by atoms with E-state index in [0.29, 0.717) is 23.8 Å². The highest BCUT2D eigenvalue weighted by Gasteiger charge is 2.29. The van der Waals surface area contributed by atoms with Crippen LogP contribution in [0.5, 0.6) is 0 Å². The van der Waals surface area contributed by atoms with Gasteiger partial charge in [-0.3, -0.25) is 0 Å². The quantitative estimate of drug-likeness (QED) is 0.825. The van der Waals surface area contributed by atoms with Gasteiger partial charge in [-0.2, -0.15) is 0 Å². The molecule has 0 spiro atoms. The summed E-state index contributed by atoms with van der Waals surface area (Å²) < 4.78 is 5.15. The minimum atomic E-state index is -0.448. The fourth-order valence-electron chi connectivity index (χ4n) is 2.37. The Hall–Kier alpha value is -2.50. The summed E-state index contributed by atoms with van der Waals surface area (Å²) >= 11 is 0. The summed E-state index contributed by atoms with van der Waals surface area (Å²) in [5, 5.41) is 2.90. The van der Waals surface area contributed by atoms with E-state index in [-0.39, 0.29) is 5.97 Å². The molecule has 1 atom stereocenters. The molecule has 1 aliphatic heterocycles. The Labute approximate surface area is 130 Å². The van der Waals surface area contributed by atoms with Crippen LogP contribution in [-0.2, 0) is 9.53 Å². The molecule has 0 bridgehead atoms. The van der Waals surface area contributed by atoms with Crippen molar-refractivity contribution in [1.82, 2.24) is 5.32 Å². The first-order valence-corrected chi connectivity index (χ1v) is 7.19. The largest absolute Gasteiger partial charge is 0.463 e. The average Bonchev–Trinajstić information content (AvgIpc) is 2.46. The van der Waals surface area contributed by atoms with Crippen LogP contribution in [0.4, 0.5) is 5.69 Å². The van der Waals surface area contributed by atoms with Crippen LogP contribution in [0.1, 0.15) is 25.5 Å². The summed E-state index contributed by atoms with van der Waals surface area (Å²) in [4.78, 5) is 18.6. The number of carbonyl (C=O) groups is 1. The van der Waals surface area contributed by atoms with Crippen LogP contribution >= 0.6 is 0 Å². The number of carbonyl (C=O) groups excluding carboxylic acids is 1. The molecule has 0 radical (unpaired) electrons. The van der Waals surface area contributed by atoms with Crippen molar-refractivity contribution in [2.45, 2.75) is 19.9 Å². The van der Waals surface area contributed by atoms with Gasteiger partial charge in [0.1, 0.15) is 6.04 Å². The summed E-state index contributed by atoms with van der Waals surface area (Å²) in [5.41, 5.74) is 8.96. The van der Waals surface area contributed by atoms with E-state index in [4.69, 9.17) is 10.5 Å². The first kappa shape index (κ1) is 15.9. The van der Waals surface area contributed by atoms with Gasteiger partial charge in [-0.15, -0.1) is 0 Å². The maximum absolute atomic E-state index is 12.2. The van der Waals surface area contributed by atoms with Gasteiger partial charge in [0.25, 0.3) is 0 Å². The second kappa shape index (κ2) is 6.51. The van der Waals surface area contributed by atoms with Crippen molar-refractivity contribution in [1.29, 1.82) is 0 Å². The third kappa shape index (κ3) is 3.21. The Kier molecular flexibility index (Phi) is 4.70. The molecule has 0 unspecified atom stereocenters. The lowest BCUT2D eigenvalue weighted by Gasteiger charge is -2.25. The molecule has 3 N–H and O–H groups in total. The van der Waals surface area contributed by atoms with Crippen molar-refractivity contribution < 1.29 is 9.53 Å². The molecule has 118 valence electrons. The van der Waals surface area contributed by atoms with Gasteiger partial charge in [0.15, 0.2) is 5.96 Å². The summed E-state index contributed by atoms with van der Waals surface area (Å²) in [6.07, 6.45) is 0. The summed E-state index contributed by atoms with van der Waals surface area (Å²) in [6.45, 7) is 3.90. The zero-order valence-electron chi connectivity index (χ0n) is 13.4. The van der Waals surface area contributed by atoms with Crippen molar-refractivity contribution in [2.75, 3.05) is 25.6 Å². The Morgan fingerprint density at radius 3 is 2.55 bits per heavy atom. The molecular weight excluding hydrogens is 280 g/mol. The molecule has 0 saturated heterocycles. The molecule has 0 amide bonds. The fourth-order valence-corrected chi connectivity index (χ4v) is 2.37. The van der Waals surface area contributed by atoms with Crippen LogP contribution in [0.25, 0.3) is 0 Å². The average molecular weight is 302 g/mol. The first-order valence-electron chi connectivity index (χ1n) is 7.19. The number of benzene rings is 1. The number of allylic oxidation sites excluding steroid dienone is 1. The van der Waals surface area contributed by atoms with Crippen molar-refractivity contribution in [2.24, 2.45) is 10.7 Å². The number of ether oxygens (including phenoxy) is 1. The molecule has 0 fully saturated rings. The molecule has 1 aromatic rings. The Bertz CT molecular complexity index is 618. The smallest absolute Gasteiger partial charge is 0.338 e. The number of hydrogen-bond donors (Lipinski definition) is 2. The number of nitrogens with one attached hydrogen (secondary N) is 1. The third-order valence-corrected chi connectivity index (χ3v) is 3.48. The number of nitrogens with two attached hydrogens (primary N) is 1. The van der Waals surface area contributed by atoms with E-state index in [1.807, 2.05) is 43.3 Å². The lowest BCUT2D eigenvalue weighted by molar-refractivity contribution is -0.138. The number of esters is 1. The van der Waals surface area contributed by atoms with Gasteiger partial charge in [-0.25, -0.2) is 9.79 Å². The SMILES string of the molecule is CCOC(=O)C1=C(C)NC(N)=N[C@H]1c1ccc(N(C)C)cc1. The van der Waals surface area contributed by atoms with Gasteiger partial charge in [-0.05, 0) is 31.5 Å². The van der Waals surface area contributed by atoms with Crippen LogP contribution < -0.4 is 16.0 Å². The number of hydrogen-bond acceptors (Lipinski definition) is 6. The van der Waals surface area contributed by atoms with E-state index in [0.717, 1.165) is 11.3 Å². The second-order valence-corrected chi connectivity index (χ2v) is 5.29. The van der Waals surface area contributed by atoms with Crippen molar-refractivity contribution in [3.05, 3.63) is 41.1 Å². The monoisotopic (exact) mass is 302 g/mol. The van der Waals surface area contributed by atoms with E-state index < -0.39 is 6.04 Å². The third-order valence-electron chi connectivity index (χ3n) is 3.48. The predicted molar refractivity (Wildman–Crippen MR) is 87.6 cm³/mol. The number of rotatable bonds is 4. The lowest BCUT2D eigenvalue weighted by Crippen LogP contribution is -2.37. The predicted octanol–water partition coefficient (Wildman–Crippen LogP) is 1.55. The molecule has 6 nitrogen and oxygen atoms in total. The second-order valence-electron chi connectivity index (χ2n) is 5.29. The van der Waals surface area contributed by atoms with Crippen LogP contribution in [0, 0.1) is 0 Å². The van der Waals surface area contributed by atoms with E-state index in [9.17, 15) is 4.79 Å². The van der Waals surface area contributed by atoms with E-state index in [2.05, 4.69) is 10.3 Å². The van der Waals surface area contributed by atoms with Gasteiger partial charge in [0, 0.05) is 25.5 Å². The molecular formula is C16H22N4O2. The molecule has 1 aliphatic rings. The van der Waals surface area contributed by atoms with Crippen molar-refractivity contribution >= 4 is 17.6 Å².